The average molecular weight is 471 g/mol. The zero-order valence-electron chi connectivity index (χ0n) is 19.0. The third-order valence-corrected chi connectivity index (χ3v) is 5.03. The summed E-state index contributed by atoms with van der Waals surface area (Å²) >= 11 is 5.24. The van der Waals surface area contributed by atoms with E-state index in [1.807, 2.05) is 0 Å². The number of aromatic amines is 1. The van der Waals surface area contributed by atoms with Gasteiger partial charge >= 0.3 is 17.9 Å². The van der Waals surface area contributed by atoms with E-state index in [9.17, 15) is 19.2 Å². The first-order valence-corrected chi connectivity index (χ1v) is 10.9. The van der Waals surface area contributed by atoms with Crippen molar-refractivity contribution >= 4 is 30.1 Å². The molecular weight excluding hydrogens is 440 g/mol. The highest BCUT2D eigenvalue weighted by Crippen LogP contribution is 2.35. The van der Waals surface area contributed by atoms with E-state index in [1.54, 1.807) is 41.5 Å². The van der Waals surface area contributed by atoms with E-state index in [4.69, 9.17) is 31.2 Å². The molecule has 1 aliphatic rings. The summed E-state index contributed by atoms with van der Waals surface area (Å²) in [7, 11) is 0. The van der Waals surface area contributed by atoms with Crippen molar-refractivity contribution in [2.45, 2.75) is 66.1 Å². The summed E-state index contributed by atoms with van der Waals surface area (Å²) in [6.45, 7) is 9.79. The van der Waals surface area contributed by atoms with Crippen molar-refractivity contribution in [3.05, 3.63) is 27.4 Å². The predicted octanol–water partition coefficient (Wildman–Crippen LogP) is 2.14. The minimum atomic E-state index is -1.09. The second kappa shape index (κ2) is 10.9. The molecule has 10 nitrogen and oxygen atoms in total. The van der Waals surface area contributed by atoms with E-state index < -0.39 is 59.8 Å². The molecule has 0 radical (unpaired) electrons. The van der Waals surface area contributed by atoms with E-state index in [0.717, 1.165) is 0 Å². The molecule has 1 fully saturated rings. The fourth-order valence-electron chi connectivity index (χ4n) is 2.83. The Bertz CT molecular complexity index is 952. The van der Waals surface area contributed by atoms with Gasteiger partial charge in [0.05, 0.1) is 17.8 Å². The summed E-state index contributed by atoms with van der Waals surface area (Å²) in [5.41, 5.74) is -0.412. The molecule has 2 rings (SSSR count). The van der Waals surface area contributed by atoms with Crippen LogP contribution in [0.25, 0.3) is 0 Å². The van der Waals surface area contributed by atoms with Gasteiger partial charge in [0.15, 0.2) is 23.2 Å². The van der Waals surface area contributed by atoms with Gasteiger partial charge in [-0.2, -0.15) is 0 Å². The van der Waals surface area contributed by atoms with Crippen molar-refractivity contribution in [3.8, 4) is 0 Å². The summed E-state index contributed by atoms with van der Waals surface area (Å²) < 4.78 is 24.1. The molecule has 11 heteroatoms. The molecule has 0 spiro atoms. The van der Waals surface area contributed by atoms with Gasteiger partial charge < -0.3 is 18.9 Å². The number of nitrogens with zero attached hydrogens (tertiary/aromatic N) is 1. The van der Waals surface area contributed by atoms with Crippen molar-refractivity contribution in [3.63, 3.8) is 0 Å². The largest absolute Gasteiger partial charge is 0.463 e. The highest BCUT2D eigenvalue weighted by atomic mass is 32.1. The number of carbonyl (C=O) groups is 3. The summed E-state index contributed by atoms with van der Waals surface area (Å²) in [4.78, 5) is 50.9. The normalized spacial score (nSPS) is 22.9. The molecule has 0 saturated carbocycles. The zero-order valence-corrected chi connectivity index (χ0v) is 19.8. The maximum Gasteiger partial charge on any atom is 0.308 e. The van der Waals surface area contributed by atoms with E-state index in [1.165, 1.54) is 16.8 Å². The lowest BCUT2D eigenvalue weighted by Crippen LogP contribution is -2.42. The Morgan fingerprint density at radius 3 is 2.03 bits per heavy atom. The first-order valence-electron chi connectivity index (χ1n) is 10.5. The van der Waals surface area contributed by atoms with Crippen molar-refractivity contribution in [2.24, 2.45) is 17.8 Å². The molecular formula is C21H30N2O8S. The van der Waals surface area contributed by atoms with Crippen molar-refractivity contribution in [1.29, 1.82) is 0 Å². The molecule has 1 aromatic rings. The Morgan fingerprint density at radius 1 is 1.00 bits per heavy atom. The lowest BCUT2D eigenvalue weighted by molar-refractivity contribution is -0.173. The molecule has 0 amide bonds. The number of nitrogens with one attached hydrogen (secondary N) is 1. The van der Waals surface area contributed by atoms with Crippen LogP contribution in [-0.4, -0.2) is 52.4 Å². The van der Waals surface area contributed by atoms with Crippen LogP contribution in [0, 0.1) is 22.5 Å². The molecule has 32 heavy (non-hydrogen) atoms. The Morgan fingerprint density at radius 2 is 1.53 bits per heavy atom. The maximum absolute atomic E-state index is 12.4. The van der Waals surface area contributed by atoms with Gasteiger partial charge in [-0.15, -0.1) is 0 Å². The monoisotopic (exact) mass is 470 g/mol. The molecule has 1 aliphatic heterocycles. The molecule has 2 heterocycles. The standard InChI is InChI=1S/C21H30N2O8S/c1-10(2)18(25)28-9-13-15(30-19(26)11(3)4)16(31-20(27)12(5)6)17(29-13)23-8-7-14(24)22-21(23)32/h7-8,10-13,15-17H,9H2,1-6H3,(H,22,24,32)/t13-,15-,16-,17-/m1/s1. The van der Waals surface area contributed by atoms with E-state index in [-0.39, 0.29) is 17.3 Å². The number of ether oxygens (including phenoxy) is 4. The van der Waals surface area contributed by atoms with Crippen LogP contribution in [0.15, 0.2) is 17.1 Å². The molecule has 1 saturated heterocycles. The van der Waals surface area contributed by atoms with Gasteiger partial charge in [-0.25, -0.2) is 0 Å². The predicted molar refractivity (Wildman–Crippen MR) is 115 cm³/mol. The van der Waals surface area contributed by atoms with Crippen LogP contribution in [0.3, 0.4) is 0 Å². The van der Waals surface area contributed by atoms with Crippen LogP contribution in [0.1, 0.15) is 47.8 Å². The van der Waals surface area contributed by atoms with Crippen LogP contribution < -0.4 is 5.56 Å². The average Bonchev–Trinajstić information content (AvgIpc) is 3.02. The number of H-pyrrole nitrogens is 1. The Kier molecular flexibility index (Phi) is 8.73. The molecule has 0 unspecified atom stereocenters. The Balaban J connectivity index is 2.46. The van der Waals surface area contributed by atoms with Crippen LogP contribution in [-0.2, 0) is 33.3 Å². The van der Waals surface area contributed by atoms with Crippen molar-refractivity contribution < 1.29 is 33.3 Å². The second-order valence-electron chi connectivity index (χ2n) is 8.48. The van der Waals surface area contributed by atoms with Crippen LogP contribution in [0.4, 0.5) is 0 Å². The fourth-order valence-corrected chi connectivity index (χ4v) is 3.10. The van der Waals surface area contributed by atoms with E-state index in [0.29, 0.717) is 0 Å². The van der Waals surface area contributed by atoms with Gasteiger partial charge in [0.1, 0.15) is 12.7 Å². The molecule has 0 aliphatic carbocycles. The number of esters is 3. The molecule has 4 atom stereocenters. The van der Waals surface area contributed by atoms with Gasteiger partial charge in [0.25, 0.3) is 5.56 Å². The van der Waals surface area contributed by atoms with Crippen LogP contribution in [0.2, 0.25) is 0 Å². The minimum absolute atomic E-state index is 0.0295. The highest BCUT2D eigenvalue weighted by Gasteiger charge is 2.51. The number of hydrogen-bond acceptors (Lipinski definition) is 9. The third kappa shape index (κ3) is 6.26. The van der Waals surface area contributed by atoms with Gasteiger partial charge in [-0.1, -0.05) is 41.5 Å². The lowest BCUT2D eigenvalue weighted by Gasteiger charge is -2.26. The van der Waals surface area contributed by atoms with Crippen molar-refractivity contribution in [1.82, 2.24) is 9.55 Å². The lowest BCUT2D eigenvalue weighted by atomic mass is 10.1. The first kappa shape index (κ1) is 25.7. The van der Waals surface area contributed by atoms with E-state index in [2.05, 4.69) is 4.98 Å². The topological polar surface area (TPSA) is 126 Å². The van der Waals surface area contributed by atoms with Crippen molar-refractivity contribution in [2.75, 3.05) is 6.61 Å². The molecule has 178 valence electrons. The Labute approximate surface area is 191 Å². The molecule has 1 aromatic heterocycles. The number of carbonyl (C=O) groups excluding carboxylic acids is 3. The summed E-state index contributed by atoms with van der Waals surface area (Å²) in [6, 6.07) is 1.24. The van der Waals surface area contributed by atoms with E-state index >= 15 is 0 Å². The third-order valence-electron chi connectivity index (χ3n) is 4.72. The summed E-state index contributed by atoms with van der Waals surface area (Å²) in [6.07, 6.45) is -2.70. The number of aromatic nitrogens is 2. The maximum atomic E-state index is 12.4. The summed E-state index contributed by atoms with van der Waals surface area (Å²) in [5.74, 6) is -2.81. The van der Waals surface area contributed by atoms with Crippen LogP contribution >= 0.6 is 12.2 Å². The Hall–Kier alpha value is -2.53. The van der Waals surface area contributed by atoms with Gasteiger partial charge in [0.2, 0.25) is 0 Å². The fraction of sp³-hybridized carbons (Fsp3) is 0.667. The quantitative estimate of drug-likeness (QED) is 0.345. The SMILES string of the molecule is CC(C)C(=O)OC[C@H]1O[C@@H](n2ccc(=O)[nH]c2=S)[C@H](OC(=O)C(C)C)[C@@H]1OC(=O)C(C)C. The number of rotatable bonds is 8. The number of hydrogen-bond donors (Lipinski definition) is 1. The molecule has 1 N–H and O–H groups in total. The molecule has 0 bridgehead atoms. The highest BCUT2D eigenvalue weighted by molar-refractivity contribution is 7.71. The first-order chi connectivity index (χ1) is 14.9. The molecule has 0 aromatic carbocycles. The van der Waals surface area contributed by atoms with Gasteiger partial charge in [-0.3, -0.25) is 28.7 Å². The van der Waals surface area contributed by atoms with Crippen LogP contribution in [0.5, 0.6) is 0 Å². The van der Waals surface area contributed by atoms with Gasteiger partial charge in [-0.05, 0) is 12.2 Å². The van der Waals surface area contributed by atoms with Gasteiger partial charge in [0, 0.05) is 12.3 Å². The zero-order chi connectivity index (χ0) is 24.2. The smallest absolute Gasteiger partial charge is 0.308 e. The minimum Gasteiger partial charge on any atom is -0.463 e. The summed E-state index contributed by atoms with van der Waals surface area (Å²) in [5, 5.41) is 0. The second-order valence-corrected chi connectivity index (χ2v) is 8.87.